The van der Waals surface area contributed by atoms with Gasteiger partial charge in [0.15, 0.2) is 0 Å². The minimum Gasteiger partial charge on any atom is -0.489 e. The van der Waals surface area contributed by atoms with Gasteiger partial charge in [-0.2, -0.15) is 0 Å². The first kappa shape index (κ1) is 15.6. The van der Waals surface area contributed by atoms with Gasteiger partial charge in [0, 0.05) is 12.1 Å². The average molecular weight is 292 g/mol. The Balaban J connectivity index is 2.43. The van der Waals surface area contributed by atoms with Gasteiger partial charge in [-0.15, -0.1) is 0 Å². The normalized spacial score (nSPS) is 13.4. The van der Waals surface area contributed by atoms with Gasteiger partial charge in [0.2, 0.25) is 0 Å². The summed E-state index contributed by atoms with van der Waals surface area (Å²) in [5, 5.41) is 13.8. The molecule has 0 aliphatic heterocycles. The first-order valence-corrected chi connectivity index (χ1v) is 6.55. The maximum absolute atomic E-state index is 9.77. The molecule has 0 heterocycles. The van der Waals surface area contributed by atoms with Crippen LogP contribution in [0.2, 0.25) is 10.0 Å². The molecule has 0 bridgehead atoms. The first-order valence-electron chi connectivity index (χ1n) is 5.79. The number of β-amino-alcohol motifs (C(OH)–C–C–N with tert-alkyl or cyclic N) is 1. The second-order valence-corrected chi connectivity index (χ2v) is 5.93. The van der Waals surface area contributed by atoms with Crippen molar-refractivity contribution in [1.29, 1.82) is 0 Å². The molecule has 0 aromatic heterocycles. The molecule has 2 N–H and O–H groups in total. The SMILES string of the molecule is CC(C)(C)NCC(O)COc1cccc(Cl)c1Cl. The van der Waals surface area contributed by atoms with Gasteiger partial charge < -0.3 is 15.2 Å². The average Bonchev–Trinajstić information content (AvgIpc) is 2.27. The number of aliphatic hydroxyl groups excluding tert-OH is 1. The summed E-state index contributed by atoms with van der Waals surface area (Å²) in [6.07, 6.45) is -0.598. The van der Waals surface area contributed by atoms with Crippen LogP contribution in [-0.4, -0.2) is 29.9 Å². The molecule has 3 nitrogen and oxygen atoms in total. The van der Waals surface area contributed by atoms with Crippen molar-refractivity contribution >= 4 is 23.2 Å². The molecular weight excluding hydrogens is 273 g/mol. The van der Waals surface area contributed by atoms with Crippen LogP contribution >= 0.6 is 23.2 Å². The largest absolute Gasteiger partial charge is 0.489 e. The van der Waals surface area contributed by atoms with Gasteiger partial charge >= 0.3 is 0 Å². The molecule has 0 fully saturated rings. The second-order valence-electron chi connectivity index (χ2n) is 5.15. The fourth-order valence-electron chi connectivity index (χ4n) is 1.26. The molecule has 0 amide bonds. The number of hydrogen-bond acceptors (Lipinski definition) is 3. The predicted molar refractivity (Wildman–Crippen MR) is 75.7 cm³/mol. The smallest absolute Gasteiger partial charge is 0.139 e. The molecular formula is C13H19Cl2NO2. The van der Waals surface area contributed by atoms with E-state index >= 15 is 0 Å². The minimum atomic E-state index is -0.598. The van der Waals surface area contributed by atoms with E-state index in [0.717, 1.165) is 0 Å². The zero-order valence-corrected chi connectivity index (χ0v) is 12.3. The van der Waals surface area contributed by atoms with E-state index in [2.05, 4.69) is 5.32 Å². The topological polar surface area (TPSA) is 41.5 Å². The van der Waals surface area contributed by atoms with Crippen molar-refractivity contribution in [3.05, 3.63) is 28.2 Å². The number of ether oxygens (including phenoxy) is 1. The number of benzene rings is 1. The molecule has 1 aromatic carbocycles. The number of halogens is 2. The van der Waals surface area contributed by atoms with Crippen LogP contribution in [0.3, 0.4) is 0 Å². The monoisotopic (exact) mass is 291 g/mol. The molecule has 0 spiro atoms. The van der Waals surface area contributed by atoms with Crippen molar-refractivity contribution in [2.45, 2.75) is 32.4 Å². The summed E-state index contributed by atoms with van der Waals surface area (Å²) in [4.78, 5) is 0. The summed E-state index contributed by atoms with van der Waals surface area (Å²) in [5.74, 6) is 0.485. The fraction of sp³-hybridized carbons (Fsp3) is 0.538. The van der Waals surface area contributed by atoms with Crippen molar-refractivity contribution in [3.63, 3.8) is 0 Å². The summed E-state index contributed by atoms with van der Waals surface area (Å²) < 4.78 is 5.44. The van der Waals surface area contributed by atoms with Crippen LogP contribution in [0.15, 0.2) is 18.2 Å². The lowest BCUT2D eigenvalue weighted by molar-refractivity contribution is 0.100. The molecule has 0 saturated carbocycles. The van der Waals surface area contributed by atoms with E-state index in [4.69, 9.17) is 27.9 Å². The lowest BCUT2D eigenvalue weighted by atomic mass is 10.1. The lowest BCUT2D eigenvalue weighted by Crippen LogP contribution is -2.42. The molecule has 0 aliphatic rings. The number of hydrogen-bond donors (Lipinski definition) is 2. The number of rotatable bonds is 5. The Kier molecular flexibility index (Phi) is 5.73. The Hall–Kier alpha value is -0.480. The van der Waals surface area contributed by atoms with Gasteiger partial charge in [0.25, 0.3) is 0 Å². The molecule has 5 heteroatoms. The third-order valence-electron chi connectivity index (χ3n) is 2.22. The molecule has 0 saturated heterocycles. The zero-order valence-electron chi connectivity index (χ0n) is 10.8. The van der Waals surface area contributed by atoms with Crippen LogP contribution in [0.25, 0.3) is 0 Å². The lowest BCUT2D eigenvalue weighted by Gasteiger charge is -2.23. The zero-order chi connectivity index (χ0) is 13.8. The van der Waals surface area contributed by atoms with Crippen LogP contribution < -0.4 is 10.1 Å². The van der Waals surface area contributed by atoms with Crippen LogP contribution in [0, 0.1) is 0 Å². The molecule has 0 radical (unpaired) electrons. The highest BCUT2D eigenvalue weighted by Gasteiger charge is 2.13. The van der Waals surface area contributed by atoms with Gasteiger partial charge in [-0.25, -0.2) is 0 Å². The van der Waals surface area contributed by atoms with Crippen LogP contribution in [-0.2, 0) is 0 Å². The fourth-order valence-corrected chi connectivity index (χ4v) is 1.61. The van der Waals surface area contributed by atoms with E-state index in [0.29, 0.717) is 22.3 Å². The summed E-state index contributed by atoms with van der Waals surface area (Å²) >= 11 is 11.8. The molecule has 102 valence electrons. The van der Waals surface area contributed by atoms with E-state index in [9.17, 15) is 5.11 Å². The van der Waals surface area contributed by atoms with Crippen molar-refractivity contribution in [3.8, 4) is 5.75 Å². The Bertz CT molecular complexity index is 391. The summed E-state index contributed by atoms with van der Waals surface area (Å²) in [6.45, 7) is 6.74. The summed E-state index contributed by atoms with van der Waals surface area (Å²) in [5.41, 5.74) is -0.0331. The first-order chi connectivity index (χ1) is 8.29. The van der Waals surface area contributed by atoms with Gasteiger partial charge in [-0.3, -0.25) is 0 Å². The Morgan fingerprint density at radius 1 is 1.33 bits per heavy atom. The van der Waals surface area contributed by atoms with Crippen LogP contribution in [0.4, 0.5) is 0 Å². The van der Waals surface area contributed by atoms with Crippen molar-refractivity contribution < 1.29 is 9.84 Å². The highest BCUT2D eigenvalue weighted by molar-refractivity contribution is 6.42. The molecule has 0 aliphatic carbocycles. The molecule has 1 rings (SSSR count). The number of aliphatic hydroxyl groups is 1. The quantitative estimate of drug-likeness (QED) is 0.876. The van der Waals surface area contributed by atoms with Crippen LogP contribution in [0.1, 0.15) is 20.8 Å². The van der Waals surface area contributed by atoms with Crippen molar-refractivity contribution in [2.75, 3.05) is 13.2 Å². The van der Waals surface area contributed by atoms with E-state index in [1.165, 1.54) is 0 Å². The van der Waals surface area contributed by atoms with E-state index in [1.807, 2.05) is 20.8 Å². The van der Waals surface area contributed by atoms with Gasteiger partial charge in [0.1, 0.15) is 23.5 Å². The Labute approximate surface area is 118 Å². The molecule has 1 unspecified atom stereocenters. The van der Waals surface area contributed by atoms with E-state index < -0.39 is 6.10 Å². The molecule has 1 atom stereocenters. The summed E-state index contributed by atoms with van der Waals surface area (Å²) in [7, 11) is 0. The minimum absolute atomic E-state index is 0.0331. The van der Waals surface area contributed by atoms with Gasteiger partial charge in [-0.05, 0) is 32.9 Å². The van der Waals surface area contributed by atoms with Crippen LogP contribution in [0.5, 0.6) is 5.75 Å². The number of nitrogens with one attached hydrogen (secondary N) is 1. The highest BCUT2D eigenvalue weighted by atomic mass is 35.5. The standard InChI is InChI=1S/C13H19Cl2NO2/c1-13(2,3)16-7-9(17)8-18-11-6-4-5-10(14)12(11)15/h4-6,9,16-17H,7-8H2,1-3H3. The van der Waals surface area contributed by atoms with Crippen molar-refractivity contribution in [1.82, 2.24) is 5.32 Å². The predicted octanol–water partition coefficient (Wildman–Crippen LogP) is 3.12. The Morgan fingerprint density at radius 2 is 2.00 bits per heavy atom. The van der Waals surface area contributed by atoms with E-state index in [-0.39, 0.29) is 12.1 Å². The maximum atomic E-state index is 9.77. The van der Waals surface area contributed by atoms with E-state index in [1.54, 1.807) is 18.2 Å². The molecule has 1 aromatic rings. The molecule has 18 heavy (non-hydrogen) atoms. The van der Waals surface area contributed by atoms with Gasteiger partial charge in [-0.1, -0.05) is 29.3 Å². The maximum Gasteiger partial charge on any atom is 0.139 e. The van der Waals surface area contributed by atoms with Crippen molar-refractivity contribution in [2.24, 2.45) is 0 Å². The van der Waals surface area contributed by atoms with Gasteiger partial charge in [0.05, 0.1) is 5.02 Å². The third-order valence-corrected chi connectivity index (χ3v) is 3.02. The summed E-state index contributed by atoms with van der Waals surface area (Å²) in [6, 6.07) is 5.16. The second kappa shape index (κ2) is 6.62. The Morgan fingerprint density at radius 3 is 2.61 bits per heavy atom. The highest BCUT2D eigenvalue weighted by Crippen LogP contribution is 2.31. The third kappa shape index (κ3) is 5.44.